The zero-order chi connectivity index (χ0) is 52.3. The summed E-state index contributed by atoms with van der Waals surface area (Å²) in [5.74, 6) is -3.49. The number of nitrogens with one attached hydrogen (secondary N) is 4. The molecule has 1 aromatic carbocycles. The maximum atomic E-state index is 13.7. The van der Waals surface area contributed by atoms with Crippen molar-refractivity contribution in [3.63, 3.8) is 0 Å². The number of hydrogen-bond acceptors (Lipinski definition) is 10. The summed E-state index contributed by atoms with van der Waals surface area (Å²) >= 11 is 6.03. The third-order valence-corrected chi connectivity index (χ3v) is 12.9. The first-order valence-electron chi connectivity index (χ1n) is 23.7. The summed E-state index contributed by atoms with van der Waals surface area (Å²) in [5, 5.41) is 27.7. The number of methoxy groups -OCH3 is 1. The molecule has 0 radical (unpaired) electrons. The van der Waals surface area contributed by atoms with Crippen molar-refractivity contribution in [2.75, 3.05) is 20.2 Å². The molecule has 380 valence electrons. The van der Waals surface area contributed by atoms with Crippen molar-refractivity contribution in [2.24, 2.45) is 10.8 Å². The van der Waals surface area contributed by atoms with E-state index < -0.39 is 59.5 Å². The predicted octanol–water partition coefficient (Wildman–Crippen LogP) is 8.21. The van der Waals surface area contributed by atoms with Crippen molar-refractivity contribution in [3.05, 3.63) is 88.6 Å². The number of carbonyl (C=O) groups is 5. The first kappa shape index (κ1) is 55.2. The van der Waals surface area contributed by atoms with Gasteiger partial charge in [-0.2, -0.15) is 23.7 Å². The first-order valence-corrected chi connectivity index (χ1v) is 24.1. The van der Waals surface area contributed by atoms with Crippen LogP contribution in [-0.2, 0) is 25.6 Å². The summed E-state index contributed by atoms with van der Waals surface area (Å²) in [6, 6.07) is 9.80. The molecular weight excluding hydrogens is 941 g/mol. The number of carbonyl (C=O) groups excluding carboxylic acids is 5. The predicted molar refractivity (Wildman–Crippen MR) is 259 cm³/mol. The SMILES string of the molecule is CCC.CCc1cncc(C(C#N)NC(=O)C2CCCN2C(=O)[C@@H](NC(=O)C(F)(F)F)C(C)(C)C)c1.COc1cccc2[nH]c(C(=O)N3CC4(CCCC4)CC3C(=O)NC(C#N)c3cncc(Cl)c3)cc12. The van der Waals surface area contributed by atoms with E-state index in [0.29, 0.717) is 53.4 Å². The summed E-state index contributed by atoms with van der Waals surface area (Å²) in [6.07, 6.45) is 8.37. The molecule has 3 aromatic heterocycles. The molecule has 4 N–H and O–H groups in total. The molecule has 16 nitrogen and oxygen atoms in total. The van der Waals surface area contributed by atoms with Gasteiger partial charge in [-0.1, -0.05) is 78.5 Å². The van der Waals surface area contributed by atoms with Crippen LogP contribution in [0.3, 0.4) is 0 Å². The number of alkyl halides is 3. The zero-order valence-corrected chi connectivity index (χ0v) is 41.8. The van der Waals surface area contributed by atoms with Gasteiger partial charge in [0.15, 0.2) is 0 Å². The van der Waals surface area contributed by atoms with Gasteiger partial charge in [-0.25, -0.2) is 0 Å². The largest absolute Gasteiger partial charge is 0.496 e. The Kier molecular flexibility index (Phi) is 18.6. The molecule has 7 rings (SSSR count). The number of hydrogen-bond donors (Lipinski definition) is 4. The fourth-order valence-electron chi connectivity index (χ4n) is 9.20. The molecule has 5 amide bonds. The van der Waals surface area contributed by atoms with E-state index in [2.05, 4.69) is 45.5 Å². The van der Waals surface area contributed by atoms with E-state index in [1.54, 1.807) is 41.7 Å². The van der Waals surface area contributed by atoms with Gasteiger partial charge in [-0.3, -0.25) is 33.9 Å². The van der Waals surface area contributed by atoms with Crippen LogP contribution >= 0.6 is 11.6 Å². The van der Waals surface area contributed by atoms with Crippen molar-refractivity contribution in [2.45, 2.75) is 136 Å². The topological polar surface area (TPSA) is 226 Å². The van der Waals surface area contributed by atoms with Gasteiger partial charge in [-0.05, 0) is 85.3 Å². The Hall–Kier alpha value is -6.73. The zero-order valence-electron chi connectivity index (χ0n) is 41.1. The summed E-state index contributed by atoms with van der Waals surface area (Å²) < 4.78 is 43.8. The number of nitriles is 2. The van der Waals surface area contributed by atoms with Crippen molar-refractivity contribution in [1.82, 2.24) is 40.7 Å². The fraction of sp³-hybridized carbons (Fsp3) is 0.510. The quantitative estimate of drug-likeness (QED) is 0.113. The summed E-state index contributed by atoms with van der Waals surface area (Å²) in [6.45, 7) is 11.4. The number of aromatic amines is 1. The fourth-order valence-corrected chi connectivity index (χ4v) is 9.38. The van der Waals surface area contributed by atoms with Crippen LogP contribution in [0.1, 0.15) is 132 Å². The molecule has 5 atom stereocenters. The number of ether oxygens (including phenoxy) is 1. The van der Waals surface area contributed by atoms with Crippen molar-refractivity contribution in [3.8, 4) is 17.9 Å². The highest BCUT2D eigenvalue weighted by Gasteiger charge is 2.51. The van der Waals surface area contributed by atoms with Crippen LogP contribution in [0.5, 0.6) is 5.75 Å². The van der Waals surface area contributed by atoms with E-state index in [1.807, 2.05) is 31.2 Å². The second-order valence-electron chi connectivity index (χ2n) is 19.2. The molecule has 2 saturated heterocycles. The monoisotopic (exact) mass is 1000 g/mol. The normalized spacial score (nSPS) is 18.4. The molecular formula is C51H62ClF3N10O6. The van der Waals surface area contributed by atoms with Gasteiger partial charge < -0.3 is 35.5 Å². The van der Waals surface area contributed by atoms with Gasteiger partial charge in [0.05, 0.1) is 24.3 Å². The van der Waals surface area contributed by atoms with Crippen LogP contribution in [0.15, 0.2) is 61.2 Å². The lowest BCUT2D eigenvalue weighted by Crippen LogP contribution is -2.59. The van der Waals surface area contributed by atoms with Gasteiger partial charge in [0, 0.05) is 59.9 Å². The van der Waals surface area contributed by atoms with Gasteiger partial charge >= 0.3 is 12.1 Å². The van der Waals surface area contributed by atoms with E-state index in [-0.39, 0.29) is 30.2 Å². The molecule has 71 heavy (non-hydrogen) atoms. The van der Waals surface area contributed by atoms with Gasteiger partial charge in [0.1, 0.15) is 41.7 Å². The highest BCUT2D eigenvalue weighted by molar-refractivity contribution is 6.30. The Morgan fingerprint density at radius 1 is 0.873 bits per heavy atom. The minimum atomic E-state index is -5.15. The molecule has 3 fully saturated rings. The summed E-state index contributed by atoms with van der Waals surface area (Å²) in [5.41, 5.74) is 1.97. The minimum Gasteiger partial charge on any atom is -0.496 e. The van der Waals surface area contributed by atoms with Crippen LogP contribution in [0.4, 0.5) is 13.2 Å². The Morgan fingerprint density at radius 2 is 1.48 bits per heavy atom. The number of aromatic nitrogens is 3. The number of likely N-dealkylation sites (tertiary alicyclic amines) is 2. The van der Waals surface area contributed by atoms with E-state index in [9.17, 15) is 47.7 Å². The number of rotatable bonds is 11. The smallest absolute Gasteiger partial charge is 0.471 e. The Balaban J connectivity index is 0.000000251. The van der Waals surface area contributed by atoms with Gasteiger partial charge in [0.25, 0.3) is 5.91 Å². The van der Waals surface area contributed by atoms with Crippen molar-refractivity contribution in [1.29, 1.82) is 10.5 Å². The second kappa shape index (κ2) is 23.9. The number of benzene rings is 1. The lowest BCUT2D eigenvalue weighted by Gasteiger charge is -2.35. The molecule has 1 aliphatic carbocycles. The third kappa shape index (κ3) is 13.6. The number of pyridine rings is 2. The maximum absolute atomic E-state index is 13.7. The average Bonchev–Trinajstić information content (AvgIpc) is 4.18. The molecule has 4 unspecified atom stereocenters. The van der Waals surface area contributed by atoms with E-state index >= 15 is 0 Å². The first-order chi connectivity index (χ1) is 33.6. The average molecular weight is 1000 g/mol. The lowest BCUT2D eigenvalue weighted by molar-refractivity contribution is -0.176. The molecule has 1 saturated carbocycles. The standard InChI is InChI=1S/C26H26ClN5O3.C22H28F3N5O3.C3H8/c1-35-23-6-4-5-19-18(23)10-20(30-19)25(34)32-15-26(7-2-3-8-26)11-22(32)24(33)31-21(12-28)16-9-17(27)14-29-13-16;1-5-13-9-14(12-27-11-13)15(10-26)28-18(31)16-7-6-8-30(16)19(32)17(21(2,3)4)29-20(33)22(23,24)25;1-3-2/h4-6,9-10,13-14,21-22,30H,2-3,7-8,11,15H2,1H3,(H,31,33);9,11-12,15-17H,5-8H2,1-4H3,(H,28,31)(H,29,33);3H2,1-2H3/t;15?,16?,17-;/m.1./s1. The molecule has 2 aliphatic heterocycles. The Labute approximate surface area is 417 Å². The highest BCUT2D eigenvalue weighted by Crippen LogP contribution is 2.48. The van der Waals surface area contributed by atoms with Crippen molar-refractivity contribution >= 4 is 52.0 Å². The number of nitrogens with zero attached hydrogens (tertiary/aromatic N) is 6. The minimum absolute atomic E-state index is 0.0683. The Morgan fingerprint density at radius 3 is 2.04 bits per heavy atom. The molecule has 20 heteroatoms. The molecule has 3 aliphatic rings. The molecule has 0 bridgehead atoms. The number of H-pyrrole nitrogens is 1. The molecule has 4 aromatic rings. The van der Waals surface area contributed by atoms with E-state index in [4.69, 9.17) is 16.3 Å². The number of halogens is 4. The van der Waals surface area contributed by atoms with Crippen LogP contribution in [0, 0.1) is 33.5 Å². The molecule has 1 spiro atoms. The highest BCUT2D eigenvalue weighted by atomic mass is 35.5. The number of amides is 5. The summed E-state index contributed by atoms with van der Waals surface area (Å²) in [4.78, 5) is 79.0. The summed E-state index contributed by atoms with van der Waals surface area (Å²) in [7, 11) is 1.59. The maximum Gasteiger partial charge on any atom is 0.471 e. The van der Waals surface area contributed by atoms with Crippen LogP contribution in [0.2, 0.25) is 5.02 Å². The number of fused-ring (bicyclic) bond motifs is 1. The van der Waals surface area contributed by atoms with Crippen LogP contribution in [-0.4, -0.2) is 98.8 Å². The van der Waals surface area contributed by atoms with E-state index in [0.717, 1.165) is 42.1 Å². The van der Waals surface area contributed by atoms with Gasteiger partial charge in [0.2, 0.25) is 17.7 Å². The second-order valence-corrected chi connectivity index (χ2v) is 19.6. The van der Waals surface area contributed by atoms with Crippen molar-refractivity contribution < 1.29 is 41.9 Å². The Bertz CT molecular complexity index is 2630. The van der Waals surface area contributed by atoms with Gasteiger partial charge in [-0.15, -0.1) is 0 Å². The van der Waals surface area contributed by atoms with Crippen LogP contribution < -0.4 is 20.7 Å². The number of aryl methyl sites for hydroxylation is 1. The van der Waals surface area contributed by atoms with E-state index in [1.165, 1.54) is 50.7 Å². The van der Waals surface area contributed by atoms with Crippen LogP contribution in [0.25, 0.3) is 10.9 Å². The third-order valence-electron chi connectivity index (χ3n) is 12.7. The lowest BCUT2D eigenvalue weighted by atomic mass is 9.84. The molecule has 5 heterocycles.